The molecule has 2 rings (SSSR count). The van der Waals surface area contributed by atoms with E-state index in [1.807, 2.05) is 24.2 Å². The van der Waals surface area contributed by atoms with Crippen LogP contribution in [0.3, 0.4) is 0 Å². The number of amides is 1. The predicted molar refractivity (Wildman–Crippen MR) is 102 cm³/mol. The maximum atomic E-state index is 11.4. The number of imidazole rings is 1. The highest BCUT2D eigenvalue weighted by molar-refractivity contribution is 14.0. The molecule has 130 valence electrons. The monoisotopic (exact) mass is 434 g/mol. The molecule has 1 amide bonds. The van der Waals surface area contributed by atoms with Gasteiger partial charge in [-0.1, -0.05) is 0 Å². The summed E-state index contributed by atoms with van der Waals surface area (Å²) in [7, 11) is 0. The Morgan fingerprint density at radius 3 is 2.48 bits per heavy atom. The highest BCUT2D eigenvalue weighted by Gasteiger charge is 2.20. The van der Waals surface area contributed by atoms with Gasteiger partial charge in [0, 0.05) is 58.6 Å². The largest absolute Gasteiger partial charge is 0.357 e. The Morgan fingerprint density at radius 1 is 1.30 bits per heavy atom. The highest BCUT2D eigenvalue weighted by Crippen LogP contribution is 2.03. The number of guanidine groups is 1. The average Bonchev–Trinajstić information content (AvgIpc) is 2.92. The molecule has 1 saturated heterocycles. The van der Waals surface area contributed by atoms with Crippen molar-refractivity contribution in [1.82, 2.24) is 24.7 Å². The number of halogens is 1. The third-order valence-corrected chi connectivity index (χ3v) is 3.89. The van der Waals surface area contributed by atoms with Crippen LogP contribution in [0.5, 0.6) is 0 Å². The fourth-order valence-electron chi connectivity index (χ4n) is 2.56. The van der Waals surface area contributed by atoms with Crippen LogP contribution in [0.15, 0.2) is 17.4 Å². The molecule has 1 aliphatic rings. The van der Waals surface area contributed by atoms with Crippen molar-refractivity contribution in [2.24, 2.45) is 4.99 Å². The van der Waals surface area contributed by atoms with Crippen LogP contribution in [0.4, 0.5) is 0 Å². The van der Waals surface area contributed by atoms with Gasteiger partial charge in [-0.3, -0.25) is 9.79 Å². The van der Waals surface area contributed by atoms with E-state index >= 15 is 0 Å². The number of carbonyl (C=O) groups excluding carboxylic acids is 1. The van der Waals surface area contributed by atoms with Gasteiger partial charge in [0.25, 0.3) is 0 Å². The third kappa shape index (κ3) is 5.67. The zero-order valence-electron chi connectivity index (χ0n) is 14.2. The van der Waals surface area contributed by atoms with E-state index in [0.717, 1.165) is 51.1 Å². The van der Waals surface area contributed by atoms with Crippen LogP contribution in [0, 0.1) is 6.92 Å². The van der Waals surface area contributed by atoms with Gasteiger partial charge in [0.05, 0.1) is 6.54 Å². The Balaban J connectivity index is 0.00000264. The van der Waals surface area contributed by atoms with Gasteiger partial charge in [0.1, 0.15) is 5.82 Å². The molecule has 1 N–H and O–H groups in total. The molecule has 0 unspecified atom stereocenters. The first-order valence-electron chi connectivity index (χ1n) is 7.88. The molecule has 7 nitrogen and oxygen atoms in total. The second-order valence-corrected chi connectivity index (χ2v) is 5.40. The summed E-state index contributed by atoms with van der Waals surface area (Å²) in [5, 5.41) is 3.34. The van der Waals surface area contributed by atoms with Crippen LogP contribution in [0.2, 0.25) is 0 Å². The first-order valence-corrected chi connectivity index (χ1v) is 7.88. The number of aromatic nitrogens is 2. The number of hydrogen-bond donors (Lipinski definition) is 1. The summed E-state index contributed by atoms with van der Waals surface area (Å²) in [6.45, 7) is 11.3. The van der Waals surface area contributed by atoms with E-state index in [0.29, 0.717) is 6.54 Å². The quantitative estimate of drug-likeness (QED) is 0.435. The van der Waals surface area contributed by atoms with Crippen molar-refractivity contribution >= 4 is 35.8 Å². The van der Waals surface area contributed by atoms with Crippen LogP contribution < -0.4 is 5.32 Å². The number of rotatable bonds is 4. The van der Waals surface area contributed by atoms with Gasteiger partial charge < -0.3 is 19.7 Å². The van der Waals surface area contributed by atoms with E-state index < -0.39 is 0 Å². The number of aryl methyl sites for hydroxylation is 1. The predicted octanol–water partition coefficient (Wildman–Crippen LogP) is 0.939. The molecular weight excluding hydrogens is 407 g/mol. The molecule has 8 heteroatoms. The van der Waals surface area contributed by atoms with Crippen LogP contribution >= 0.6 is 24.0 Å². The van der Waals surface area contributed by atoms with Crippen molar-refractivity contribution in [2.75, 3.05) is 39.3 Å². The number of nitrogens with one attached hydrogen (secondary N) is 1. The summed E-state index contributed by atoms with van der Waals surface area (Å²) in [4.78, 5) is 24.4. The topological polar surface area (TPSA) is 65.8 Å². The molecule has 0 aromatic carbocycles. The Kier molecular flexibility index (Phi) is 8.35. The zero-order valence-corrected chi connectivity index (χ0v) is 16.5. The zero-order chi connectivity index (χ0) is 15.9. The Bertz CT molecular complexity index is 522. The molecule has 0 atom stereocenters. The van der Waals surface area contributed by atoms with E-state index in [-0.39, 0.29) is 29.9 Å². The summed E-state index contributed by atoms with van der Waals surface area (Å²) in [6, 6.07) is 0. The minimum absolute atomic E-state index is 0. The fourth-order valence-corrected chi connectivity index (χ4v) is 2.56. The van der Waals surface area contributed by atoms with E-state index in [4.69, 9.17) is 4.99 Å². The molecule has 23 heavy (non-hydrogen) atoms. The molecular formula is C15H27IN6O. The van der Waals surface area contributed by atoms with Gasteiger partial charge in [-0.05, 0) is 13.8 Å². The van der Waals surface area contributed by atoms with Crippen molar-refractivity contribution in [3.05, 3.63) is 18.2 Å². The fraction of sp³-hybridized carbons (Fsp3) is 0.667. The van der Waals surface area contributed by atoms with Gasteiger partial charge in [0.15, 0.2) is 5.96 Å². The van der Waals surface area contributed by atoms with E-state index in [1.54, 1.807) is 6.92 Å². The first kappa shape index (κ1) is 19.7. The van der Waals surface area contributed by atoms with Gasteiger partial charge in [0.2, 0.25) is 5.91 Å². The van der Waals surface area contributed by atoms with E-state index in [9.17, 15) is 4.79 Å². The molecule has 1 fully saturated rings. The lowest BCUT2D eigenvalue weighted by atomic mass is 10.3. The lowest BCUT2D eigenvalue weighted by Gasteiger charge is -2.36. The van der Waals surface area contributed by atoms with Gasteiger partial charge in [-0.2, -0.15) is 0 Å². The minimum Gasteiger partial charge on any atom is -0.357 e. The van der Waals surface area contributed by atoms with E-state index in [1.165, 1.54) is 0 Å². The highest BCUT2D eigenvalue weighted by atomic mass is 127. The van der Waals surface area contributed by atoms with Crippen molar-refractivity contribution in [3.63, 3.8) is 0 Å². The molecule has 1 aromatic rings. The first-order chi connectivity index (χ1) is 10.6. The van der Waals surface area contributed by atoms with Crippen LogP contribution in [0.1, 0.15) is 19.7 Å². The van der Waals surface area contributed by atoms with Gasteiger partial charge in [-0.25, -0.2) is 4.98 Å². The Labute approximate surface area is 155 Å². The SMILES string of the molecule is CCNC(=NCCn1ccnc1C)N1CCN(C(C)=O)CC1.I. The average molecular weight is 434 g/mol. The Morgan fingerprint density at radius 2 is 1.96 bits per heavy atom. The normalized spacial score (nSPS) is 15.3. The molecule has 0 saturated carbocycles. The lowest BCUT2D eigenvalue weighted by molar-refractivity contribution is -0.130. The van der Waals surface area contributed by atoms with Crippen LogP contribution in [-0.2, 0) is 11.3 Å². The standard InChI is InChI=1S/C15H26N6O.HI/c1-4-16-15(18-6-8-19-7-5-17-13(19)2)21-11-9-20(10-12-21)14(3)22;/h5,7H,4,6,8-12H2,1-3H3,(H,16,18);1H. The summed E-state index contributed by atoms with van der Waals surface area (Å²) >= 11 is 0. The maximum absolute atomic E-state index is 11.4. The molecule has 1 aliphatic heterocycles. The van der Waals surface area contributed by atoms with Crippen molar-refractivity contribution in [3.8, 4) is 0 Å². The minimum atomic E-state index is 0. The molecule has 0 bridgehead atoms. The molecule has 0 aliphatic carbocycles. The summed E-state index contributed by atoms with van der Waals surface area (Å²) in [5.41, 5.74) is 0. The molecule has 0 spiro atoms. The smallest absolute Gasteiger partial charge is 0.219 e. The number of nitrogens with zero attached hydrogens (tertiary/aromatic N) is 5. The number of carbonyl (C=O) groups is 1. The lowest BCUT2D eigenvalue weighted by Crippen LogP contribution is -2.53. The maximum Gasteiger partial charge on any atom is 0.219 e. The second-order valence-electron chi connectivity index (χ2n) is 5.40. The summed E-state index contributed by atoms with van der Waals surface area (Å²) in [5.74, 6) is 2.09. The van der Waals surface area contributed by atoms with Crippen molar-refractivity contribution < 1.29 is 4.79 Å². The summed E-state index contributed by atoms with van der Waals surface area (Å²) in [6.07, 6.45) is 3.79. The van der Waals surface area contributed by atoms with E-state index in [2.05, 4.69) is 26.7 Å². The van der Waals surface area contributed by atoms with Crippen molar-refractivity contribution in [1.29, 1.82) is 0 Å². The number of hydrogen-bond acceptors (Lipinski definition) is 3. The number of piperazine rings is 1. The molecule has 0 radical (unpaired) electrons. The van der Waals surface area contributed by atoms with Crippen LogP contribution in [0.25, 0.3) is 0 Å². The van der Waals surface area contributed by atoms with Gasteiger partial charge in [-0.15, -0.1) is 24.0 Å². The Hall–Kier alpha value is -1.32. The van der Waals surface area contributed by atoms with Crippen molar-refractivity contribution in [2.45, 2.75) is 27.3 Å². The van der Waals surface area contributed by atoms with Gasteiger partial charge >= 0.3 is 0 Å². The number of aliphatic imine (C=N–C) groups is 1. The summed E-state index contributed by atoms with van der Waals surface area (Å²) < 4.78 is 2.10. The molecule has 2 heterocycles. The second kappa shape index (κ2) is 9.74. The molecule has 1 aromatic heterocycles. The van der Waals surface area contributed by atoms with Crippen LogP contribution in [-0.4, -0.2) is 70.5 Å². The third-order valence-electron chi connectivity index (χ3n) is 3.89.